The molecule has 0 bridgehead atoms. The van der Waals surface area contributed by atoms with Crippen molar-refractivity contribution in [2.75, 3.05) is 0 Å². The molecule has 0 radical (unpaired) electrons. The maximum absolute atomic E-state index is 8.12. The second-order valence-corrected chi connectivity index (χ2v) is 22.1. The fourth-order valence-corrected chi connectivity index (χ4v) is 10.7. The van der Waals surface area contributed by atoms with Crippen LogP contribution in [0.4, 0.5) is 0 Å². The Hall–Kier alpha value is -10.5. The number of aromatic nitrogens is 12. The summed E-state index contributed by atoms with van der Waals surface area (Å²) in [7, 11) is 0. The molecular weight excluding hydrogens is 1210 g/mol. The zero-order chi connectivity index (χ0) is 63.7. The monoisotopic (exact) mass is 1260 g/mol. The van der Waals surface area contributed by atoms with Gasteiger partial charge >= 0.3 is 24.6 Å². The van der Waals surface area contributed by atoms with Crippen LogP contribution in [0.15, 0.2) is 233 Å². The Morgan fingerprint density at radius 3 is 0.899 bits per heavy atom. The number of hydrogen-bond donors (Lipinski definition) is 4. The highest BCUT2D eigenvalue weighted by Gasteiger charge is 2.05. The predicted molar refractivity (Wildman–Crippen MR) is 338 cm³/mol. The molecule has 0 spiro atoms. The van der Waals surface area contributed by atoms with Gasteiger partial charge in [-0.3, -0.25) is 0 Å². The highest BCUT2D eigenvalue weighted by molar-refractivity contribution is 7.99. The quantitative estimate of drug-likeness (QED) is 0.0693. The fourth-order valence-electron chi connectivity index (χ4n) is 7.78. The number of rotatable bonds is 15. The molecule has 89 heavy (non-hydrogen) atoms. The predicted octanol–water partition coefficient (Wildman–Crippen LogP) is 13.1. The van der Waals surface area contributed by atoms with Gasteiger partial charge in [0.25, 0.3) is 0 Å². The van der Waals surface area contributed by atoms with E-state index in [4.69, 9.17) is 38.4 Å². The largest absolute Gasteiger partial charge is 0.373 e. The normalized spacial score (nSPS) is 9.61. The van der Waals surface area contributed by atoms with E-state index < -0.39 is 0 Å². The zero-order valence-electron chi connectivity index (χ0n) is 48.0. The van der Waals surface area contributed by atoms with Crippen LogP contribution in [0.1, 0.15) is 38.9 Å². The minimum absolute atomic E-state index is 0.250. The summed E-state index contributed by atoms with van der Waals surface area (Å²) in [6.45, 7) is 6.34. The lowest BCUT2D eigenvalue weighted by Crippen LogP contribution is -1.83. The number of hydrogen-bond acceptors (Lipinski definition) is 20. The summed E-state index contributed by atoms with van der Waals surface area (Å²) in [5.74, 6) is 3.62. The number of aryl methyl sites for hydroxylation is 3. The van der Waals surface area contributed by atoms with Crippen LogP contribution in [0.5, 0.6) is 0 Å². The minimum Gasteiger partial charge on any atom is -0.197 e. The number of benzene rings is 8. The smallest absolute Gasteiger partial charge is 0.197 e. The van der Waals surface area contributed by atoms with Crippen molar-refractivity contribution in [1.82, 2.24) is 61.6 Å². The first kappa shape index (κ1) is 69.3. The Kier molecular flexibility index (Phi) is 31.7. The molecule has 4 N–H and O–H groups in total. The van der Waals surface area contributed by atoms with Crippen molar-refractivity contribution in [1.29, 1.82) is 0 Å². The van der Waals surface area contributed by atoms with Crippen LogP contribution < -0.4 is 0 Å². The van der Waals surface area contributed by atoms with Gasteiger partial charge in [-0.05, 0) is 87.2 Å². The Labute approximate surface area is 528 Å². The first-order chi connectivity index (χ1) is 43.5. The lowest BCUT2D eigenvalue weighted by Gasteiger charge is -2.05. The second kappa shape index (κ2) is 40.7. The van der Waals surface area contributed by atoms with E-state index >= 15 is 0 Å². The topological polar surface area (TPSA) is 303 Å². The van der Waals surface area contributed by atoms with Crippen molar-refractivity contribution < 1.29 is 38.4 Å². The summed E-state index contributed by atoms with van der Waals surface area (Å²) in [5, 5.41) is 48.0. The molecular formula is C65H56N12O8S4. The van der Waals surface area contributed by atoms with Crippen LogP contribution in [0.3, 0.4) is 0 Å². The average molecular weight is 1260 g/mol. The number of thioether (sulfide) groups is 4. The van der Waals surface area contributed by atoms with Gasteiger partial charge in [0, 0.05) is 23.0 Å². The third-order valence-electron chi connectivity index (χ3n) is 11.9. The number of nitrogens with one attached hydrogen (secondary N) is 4. The van der Waals surface area contributed by atoms with Gasteiger partial charge in [-0.2, -0.15) is 79.6 Å². The van der Waals surface area contributed by atoms with Crippen LogP contribution in [-0.4, -0.2) is 86.2 Å². The van der Waals surface area contributed by atoms with Gasteiger partial charge in [0.15, 0.2) is 0 Å². The third-order valence-corrected chi connectivity index (χ3v) is 15.8. The van der Waals surface area contributed by atoms with Crippen molar-refractivity contribution in [3.05, 3.63) is 252 Å². The minimum atomic E-state index is 0.250. The summed E-state index contributed by atoms with van der Waals surface area (Å²) in [5.41, 5.74) is 16.6. The average Bonchev–Trinajstić information content (AvgIpc) is 4.44. The summed E-state index contributed by atoms with van der Waals surface area (Å²) < 4.78 is 0. The molecule has 0 saturated heterocycles. The van der Waals surface area contributed by atoms with E-state index in [1.165, 1.54) is 83.1 Å². The van der Waals surface area contributed by atoms with Gasteiger partial charge in [-0.1, -0.05) is 252 Å². The number of carbonyl (C=O) groups excluding carboxylic acids is 8. The molecule has 4 aromatic heterocycles. The number of aromatic amines is 4. The van der Waals surface area contributed by atoms with Crippen molar-refractivity contribution in [2.24, 2.45) is 0 Å². The Morgan fingerprint density at radius 1 is 0.292 bits per heavy atom. The highest BCUT2D eigenvalue weighted by atomic mass is 32.2. The van der Waals surface area contributed by atoms with Crippen molar-refractivity contribution in [2.45, 2.75) is 63.9 Å². The zero-order valence-corrected chi connectivity index (χ0v) is 51.3. The van der Waals surface area contributed by atoms with Gasteiger partial charge in [0.1, 0.15) is 20.1 Å². The standard InChI is InChI=1S/3C16H15N3S.C13H11N3S.4CO2/c1-12-2-6-14(7-3-12)15-8-4-13(5-9-15)11-20-16-10-17-19-18-16;2*1-12-3-2-4-15(9-12)14-7-5-13(6-8-14)11-20-16-10-17-19-18-16;1-2-4-12-7-10(5-6-11(12)3-1)9-17-13-8-14-16-15-13;4*2-1-3/h3*2-10H,11H2,1H3,(H,17,18,19);1-8H,9H2,(H,14,15,16);;;;. The molecule has 0 atom stereocenters. The van der Waals surface area contributed by atoms with E-state index in [9.17, 15) is 0 Å². The fraction of sp³-hybridized carbons (Fsp3) is 0.108. The van der Waals surface area contributed by atoms with E-state index in [0.29, 0.717) is 0 Å². The molecule has 448 valence electrons. The maximum Gasteiger partial charge on any atom is 0.373 e. The van der Waals surface area contributed by atoms with Gasteiger partial charge in [0.05, 0.1) is 24.8 Å². The number of fused-ring (bicyclic) bond motifs is 1. The molecule has 0 aliphatic carbocycles. The summed E-state index contributed by atoms with van der Waals surface area (Å²) in [4.78, 5) is 65.0. The molecule has 8 aromatic carbocycles. The lowest BCUT2D eigenvalue weighted by molar-refractivity contribution is -0.193. The first-order valence-corrected chi connectivity index (χ1v) is 30.3. The first-order valence-electron chi connectivity index (χ1n) is 26.4. The van der Waals surface area contributed by atoms with Crippen molar-refractivity contribution in [3.63, 3.8) is 0 Å². The second-order valence-electron chi connectivity index (χ2n) is 18.1. The molecule has 20 nitrogen and oxygen atoms in total. The van der Waals surface area contributed by atoms with Gasteiger partial charge in [0.2, 0.25) is 0 Å². The van der Waals surface area contributed by atoms with E-state index in [-0.39, 0.29) is 24.6 Å². The van der Waals surface area contributed by atoms with Gasteiger partial charge in [-0.15, -0.1) is 20.4 Å². The SMILES string of the molecule is Cc1ccc(-c2ccc(CSc3cn[nH]n3)cc2)cc1.Cc1cccc(-c2ccc(CSc3cn[nH]n3)cc2)c1.Cc1cccc(-c2ccc(CSc3cn[nH]n3)cc2)c1.O=C=O.O=C=O.O=C=O.O=C=O.c1ccc2cc(CSc3cn[nH]n3)ccc2c1. The van der Waals surface area contributed by atoms with Gasteiger partial charge in [-0.25, -0.2) is 0 Å². The molecule has 0 saturated carbocycles. The lowest BCUT2D eigenvalue weighted by atomic mass is 10.0. The summed E-state index contributed by atoms with van der Waals surface area (Å²) in [6.07, 6.45) is 7.97. The number of H-pyrrole nitrogens is 4. The Morgan fingerprint density at radius 2 is 0.584 bits per heavy atom. The van der Waals surface area contributed by atoms with Crippen LogP contribution in [0.2, 0.25) is 0 Å². The molecule has 0 fully saturated rings. The third kappa shape index (κ3) is 26.3. The molecule has 0 amide bonds. The number of nitrogens with zero attached hydrogens (tertiary/aromatic N) is 8. The molecule has 24 heteroatoms. The molecule has 0 aliphatic rings. The van der Waals surface area contributed by atoms with Crippen LogP contribution in [0, 0.1) is 20.8 Å². The molecule has 0 aliphatic heterocycles. The van der Waals surface area contributed by atoms with E-state index in [2.05, 4.69) is 270 Å². The van der Waals surface area contributed by atoms with Gasteiger partial charge < -0.3 is 0 Å². The summed E-state index contributed by atoms with van der Waals surface area (Å²) >= 11 is 6.72. The molecule has 4 heterocycles. The van der Waals surface area contributed by atoms with Crippen LogP contribution >= 0.6 is 47.0 Å². The molecule has 0 unspecified atom stereocenters. The summed E-state index contributed by atoms with van der Waals surface area (Å²) in [6, 6.07) is 66.7. The van der Waals surface area contributed by atoms with E-state index in [1.54, 1.807) is 71.8 Å². The van der Waals surface area contributed by atoms with Crippen molar-refractivity contribution >= 4 is 82.4 Å². The van der Waals surface area contributed by atoms with E-state index in [1.807, 2.05) is 0 Å². The Bertz CT molecular complexity index is 3880. The maximum atomic E-state index is 8.12. The molecule has 12 rings (SSSR count). The van der Waals surface area contributed by atoms with Crippen LogP contribution in [-0.2, 0) is 61.4 Å². The van der Waals surface area contributed by atoms with E-state index in [0.717, 1.165) is 43.1 Å². The van der Waals surface area contributed by atoms with Crippen molar-refractivity contribution in [3.8, 4) is 33.4 Å². The van der Waals surface area contributed by atoms with Crippen LogP contribution in [0.25, 0.3) is 44.2 Å². The Balaban J connectivity index is 0.000000204. The molecule has 12 aromatic rings. The highest BCUT2D eigenvalue weighted by Crippen LogP contribution is 2.28.